The fraction of sp³-hybridized carbons (Fsp3) is 0.294. The minimum Gasteiger partial charge on any atom is -0.508 e. The number of aromatic hydroxyl groups is 1. The number of rotatable bonds is 14. The van der Waals surface area contributed by atoms with Crippen molar-refractivity contribution in [2.75, 3.05) is 7.11 Å². The van der Waals surface area contributed by atoms with E-state index < -0.39 is 6.04 Å². The van der Waals surface area contributed by atoms with Crippen LogP contribution in [0.5, 0.6) is 5.75 Å². The number of unbranched alkanes of at least 4 members (excludes halogenated alkanes) is 3. The summed E-state index contributed by atoms with van der Waals surface area (Å²) in [7, 11) is 1.52. The van der Waals surface area contributed by atoms with Crippen molar-refractivity contribution < 1.29 is 19.0 Å². The first-order valence-electron chi connectivity index (χ1n) is 14.3. The molecule has 4 aromatic rings. The van der Waals surface area contributed by atoms with Crippen molar-refractivity contribution in [3.63, 3.8) is 0 Å². The molecule has 0 radical (unpaired) electrons. The predicted molar refractivity (Wildman–Crippen MR) is 170 cm³/mol. The van der Waals surface area contributed by atoms with Crippen LogP contribution in [0.25, 0.3) is 5.69 Å². The van der Waals surface area contributed by atoms with Gasteiger partial charge in [-0.2, -0.15) is 5.10 Å². The summed E-state index contributed by atoms with van der Waals surface area (Å²) in [5, 5.41) is 18.4. The lowest BCUT2D eigenvalue weighted by Crippen LogP contribution is -2.38. The van der Waals surface area contributed by atoms with Gasteiger partial charge >= 0.3 is 0 Å². The van der Waals surface area contributed by atoms with E-state index in [1.54, 1.807) is 47.1 Å². The lowest BCUT2D eigenvalue weighted by Gasteiger charge is -2.20. The van der Waals surface area contributed by atoms with E-state index in [-0.39, 0.29) is 17.5 Å². The Kier molecular flexibility index (Phi) is 11.3. The molecule has 4 rings (SSSR count). The molecular formula is C34H36Cl2FN3O3. The third-order valence-corrected chi connectivity index (χ3v) is 8.02. The number of carbonyl (C=O) groups is 1. The smallest absolute Gasteiger partial charge is 0.272 e. The average molecular weight is 625 g/mol. The van der Waals surface area contributed by atoms with Gasteiger partial charge in [-0.3, -0.25) is 4.79 Å². The van der Waals surface area contributed by atoms with Gasteiger partial charge in [0.2, 0.25) is 0 Å². The Bertz CT molecular complexity index is 1550. The van der Waals surface area contributed by atoms with Crippen LogP contribution >= 0.6 is 23.2 Å². The number of phenols is 1. The molecule has 0 aliphatic rings. The maximum Gasteiger partial charge on any atom is 0.272 e. The fourth-order valence-corrected chi connectivity index (χ4v) is 5.51. The number of methoxy groups -OCH3 is 1. The average Bonchev–Trinajstić information content (AvgIpc) is 3.31. The van der Waals surface area contributed by atoms with E-state index in [2.05, 4.69) is 11.9 Å². The van der Waals surface area contributed by atoms with Crippen molar-refractivity contribution in [3.05, 3.63) is 123 Å². The highest BCUT2D eigenvalue weighted by atomic mass is 35.5. The molecule has 43 heavy (non-hydrogen) atoms. The molecular weight excluding hydrogens is 588 g/mol. The van der Waals surface area contributed by atoms with E-state index in [1.165, 1.54) is 19.2 Å². The van der Waals surface area contributed by atoms with Gasteiger partial charge in [0.15, 0.2) is 5.69 Å². The maximum absolute atomic E-state index is 13.8. The van der Waals surface area contributed by atoms with Crippen LogP contribution < -0.4 is 5.32 Å². The quantitative estimate of drug-likeness (QED) is 0.110. The van der Waals surface area contributed by atoms with Crippen molar-refractivity contribution in [3.8, 4) is 11.4 Å². The van der Waals surface area contributed by atoms with E-state index in [1.807, 2.05) is 19.1 Å². The Hall–Kier alpha value is -3.81. The summed E-state index contributed by atoms with van der Waals surface area (Å²) < 4.78 is 20.3. The summed E-state index contributed by atoms with van der Waals surface area (Å²) in [6, 6.07) is 18.1. The van der Waals surface area contributed by atoms with Crippen molar-refractivity contribution in [2.45, 2.75) is 57.9 Å². The van der Waals surface area contributed by atoms with Crippen LogP contribution in [0.15, 0.2) is 79.1 Å². The van der Waals surface area contributed by atoms with Gasteiger partial charge in [0, 0.05) is 16.3 Å². The minimum absolute atomic E-state index is 0.164. The first-order valence-corrected chi connectivity index (χ1v) is 15.0. The van der Waals surface area contributed by atoms with Crippen molar-refractivity contribution >= 4 is 29.1 Å². The summed E-state index contributed by atoms with van der Waals surface area (Å²) in [5.41, 5.74) is 4.63. The number of halogens is 3. The highest BCUT2D eigenvalue weighted by Gasteiger charge is 2.25. The second-order valence-corrected chi connectivity index (χ2v) is 11.4. The van der Waals surface area contributed by atoms with Gasteiger partial charge in [-0.15, -0.1) is 0 Å². The van der Waals surface area contributed by atoms with Gasteiger partial charge in [0.1, 0.15) is 17.3 Å². The molecule has 3 aromatic carbocycles. The topological polar surface area (TPSA) is 76.4 Å². The Morgan fingerprint density at radius 3 is 2.30 bits per heavy atom. The van der Waals surface area contributed by atoms with Crippen LogP contribution in [-0.4, -0.2) is 33.9 Å². The molecule has 0 fully saturated rings. The van der Waals surface area contributed by atoms with Gasteiger partial charge in [-0.05, 0) is 92.6 Å². The molecule has 0 bridgehead atoms. The molecule has 0 aliphatic carbocycles. The molecule has 2 N–H and O–H groups in total. The summed E-state index contributed by atoms with van der Waals surface area (Å²) in [6.45, 7) is 5.92. The summed E-state index contributed by atoms with van der Waals surface area (Å²) in [5.74, 6) is -0.00395. The number of carbonyl (C=O) groups excluding carboxylic acids is 1. The molecule has 0 aliphatic heterocycles. The standard InChI is InChI=1S/C34H36Cl2FN3O3/c1-22-29(9-7-5-4-6-8-24-10-15-27(37)16-11-24)33(39-40(22)32-19-14-26(35)21-30(32)36)34(42)38-31(23(2)43-3)20-25-12-17-28(41)18-13-25/h10-19,21,31,41H,2,4-9,20H2,1,3H3,(H,38,42)/t31-/m1/s1. The van der Waals surface area contributed by atoms with Gasteiger partial charge < -0.3 is 15.2 Å². The third kappa shape index (κ3) is 8.62. The maximum atomic E-state index is 13.8. The van der Waals surface area contributed by atoms with E-state index >= 15 is 0 Å². The third-order valence-electron chi connectivity index (χ3n) is 7.48. The number of aromatic nitrogens is 2. The van der Waals surface area contributed by atoms with Crippen LogP contribution in [0.2, 0.25) is 10.0 Å². The Labute approximate surface area is 262 Å². The van der Waals surface area contributed by atoms with Crippen LogP contribution in [0.3, 0.4) is 0 Å². The van der Waals surface area contributed by atoms with E-state index in [9.17, 15) is 14.3 Å². The Balaban J connectivity index is 1.52. The molecule has 1 atom stereocenters. The van der Waals surface area contributed by atoms with Crippen LogP contribution in [0.1, 0.15) is 58.6 Å². The predicted octanol–water partition coefficient (Wildman–Crippen LogP) is 8.18. The fourth-order valence-electron chi connectivity index (χ4n) is 5.02. The zero-order valence-corrected chi connectivity index (χ0v) is 25.9. The number of aryl methyl sites for hydroxylation is 1. The number of phenolic OH excluding ortho intramolecular Hbond substituents is 1. The van der Waals surface area contributed by atoms with Gasteiger partial charge in [-0.25, -0.2) is 9.07 Å². The van der Waals surface area contributed by atoms with Crippen molar-refractivity contribution in [2.24, 2.45) is 0 Å². The van der Waals surface area contributed by atoms with Gasteiger partial charge in [-0.1, -0.05) is 66.9 Å². The molecule has 1 amide bonds. The molecule has 6 nitrogen and oxygen atoms in total. The second kappa shape index (κ2) is 15.1. The van der Waals surface area contributed by atoms with E-state index in [4.69, 9.17) is 33.0 Å². The SMILES string of the molecule is C=C(OC)[C@@H](Cc1ccc(O)cc1)NC(=O)c1nn(-c2ccc(Cl)cc2Cl)c(C)c1CCCCCCc1ccc(F)cc1. The molecule has 9 heteroatoms. The number of hydrogen-bond acceptors (Lipinski definition) is 4. The first-order chi connectivity index (χ1) is 20.7. The van der Waals surface area contributed by atoms with Crippen LogP contribution in [0, 0.1) is 12.7 Å². The number of ether oxygens (including phenoxy) is 1. The van der Waals surface area contributed by atoms with Crippen molar-refractivity contribution in [1.82, 2.24) is 15.1 Å². The lowest BCUT2D eigenvalue weighted by molar-refractivity contribution is 0.0922. The van der Waals surface area contributed by atoms with E-state index in [0.29, 0.717) is 40.0 Å². The number of hydrogen-bond donors (Lipinski definition) is 2. The lowest BCUT2D eigenvalue weighted by atomic mass is 10.0. The van der Waals surface area contributed by atoms with Crippen LogP contribution in [0.4, 0.5) is 4.39 Å². The van der Waals surface area contributed by atoms with E-state index in [0.717, 1.165) is 54.5 Å². The largest absolute Gasteiger partial charge is 0.508 e. The number of benzene rings is 3. The number of nitrogens with zero attached hydrogens (tertiary/aromatic N) is 2. The highest BCUT2D eigenvalue weighted by Crippen LogP contribution is 2.28. The Morgan fingerprint density at radius 2 is 1.65 bits per heavy atom. The Morgan fingerprint density at radius 1 is 1.00 bits per heavy atom. The summed E-state index contributed by atoms with van der Waals surface area (Å²) in [6.07, 6.45) is 5.82. The van der Waals surface area contributed by atoms with Gasteiger partial charge in [0.25, 0.3) is 5.91 Å². The summed E-state index contributed by atoms with van der Waals surface area (Å²) >= 11 is 12.7. The van der Waals surface area contributed by atoms with Crippen LogP contribution in [-0.2, 0) is 24.0 Å². The monoisotopic (exact) mass is 623 g/mol. The number of amides is 1. The molecule has 1 heterocycles. The summed E-state index contributed by atoms with van der Waals surface area (Å²) in [4.78, 5) is 13.8. The second-order valence-electron chi connectivity index (χ2n) is 10.5. The van der Waals surface area contributed by atoms with Crippen molar-refractivity contribution in [1.29, 1.82) is 0 Å². The zero-order valence-electron chi connectivity index (χ0n) is 24.4. The molecule has 0 spiro atoms. The molecule has 226 valence electrons. The first kappa shape index (κ1) is 32.1. The molecule has 0 saturated carbocycles. The molecule has 1 aromatic heterocycles. The zero-order chi connectivity index (χ0) is 30.9. The normalized spacial score (nSPS) is 11.7. The molecule has 0 saturated heterocycles. The number of nitrogens with one attached hydrogen (secondary N) is 1. The highest BCUT2D eigenvalue weighted by molar-refractivity contribution is 6.35. The molecule has 0 unspecified atom stereocenters. The minimum atomic E-state index is -0.522. The van der Waals surface area contributed by atoms with Gasteiger partial charge in [0.05, 0.1) is 23.9 Å².